The number of nitrogens with one attached hydrogen (secondary N) is 1. The topological polar surface area (TPSA) is 45.8 Å². The van der Waals surface area contributed by atoms with Crippen molar-refractivity contribution in [2.24, 2.45) is 0 Å². The summed E-state index contributed by atoms with van der Waals surface area (Å²) in [6.45, 7) is 0. The van der Waals surface area contributed by atoms with Gasteiger partial charge in [0.25, 0.3) is 0 Å². The van der Waals surface area contributed by atoms with Crippen LogP contribution in [0.5, 0.6) is 0 Å². The first-order chi connectivity index (χ1) is 14.3. The minimum Gasteiger partial charge on any atom is -0.339 e. The molecule has 0 bridgehead atoms. The van der Waals surface area contributed by atoms with Gasteiger partial charge in [0.05, 0.1) is 5.39 Å². The Morgan fingerprint density at radius 2 is 1.83 bits per heavy atom. The number of benzene rings is 2. The fraction of sp³-hybridized carbons (Fsp3) is 0.154. The van der Waals surface area contributed by atoms with Gasteiger partial charge in [-0.1, -0.05) is 42.5 Å². The van der Waals surface area contributed by atoms with Crippen molar-refractivity contribution in [2.45, 2.75) is 25.7 Å². The van der Waals surface area contributed by atoms with Gasteiger partial charge in [0.2, 0.25) is 0 Å². The van der Waals surface area contributed by atoms with Crippen LogP contribution in [0.4, 0.5) is 0 Å². The van der Waals surface area contributed by atoms with Gasteiger partial charge in [-0.25, -0.2) is 4.98 Å². The van der Waals surface area contributed by atoms with Crippen LogP contribution in [0.25, 0.3) is 33.5 Å². The van der Waals surface area contributed by atoms with Crippen molar-refractivity contribution in [3.63, 3.8) is 0 Å². The molecular formula is C26H20N2O. The molecule has 0 amide bonds. The van der Waals surface area contributed by atoms with Crippen LogP contribution in [0.2, 0.25) is 0 Å². The van der Waals surface area contributed by atoms with Crippen molar-refractivity contribution >= 4 is 33.5 Å². The molecule has 0 spiro atoms. The summed E-state index contributed by atoms with van der Waals surface area (Å²) in [4.78, 5) is 20.6. The first-order valence-corrected chi connectivity index (χ1v) is 10.2. The summed E-state index contributed by atoms with van der Waals surface area (Å²) in [5.74, 6) is 0. The van der Waals surface area contributed by atoms with E-state index in [1.807, 2.05) is 12.1 Å². The highest BCUT2D eigenvalue weighted by atomic mass is 16.1. The maximum atomic E-state index is 12.7. The number of aryl methyl sites for hydroxylation is 1. The third-order valence-corrected chi connectivity index (χ3v) is 6.26. The highest BCUT2D eigenvalue weighted by Crippen LogP contribution is 2.24. The molecule has 0 radical (unpaired) electrons. The lowest BCUT2D eigenvalue weighted by molar-refractivity contribution is 0.820. The van der Waals surface area contributed by atoms with E-state index in [9.17, 15) is 4.79 Å². The van der Waals surface area contributed by atoms with Crippen LogP contribution in [-0.4, -0.2) is 9.97 Å². The monoisotopic (exact) mass is 376 g/mol. The van der Waals surface area contributed by atoms with Crippen molar-refractivity contribution in [1.82, 2.24) is 9.97 Å². The minimum atomic E-state index is 0.0255. The average molecular weight is 376 g/mol. The molecule has 0 fully saturated rings. The van der Waals surface area contributed by atoms with E-state index in [0.717, 1.165) is 31.4 Å². The number of aromatic nitrogens is 2. The van der Waals surface area contributed by atoms with E-state index < -0.39 is 0 Å². The zero-order valence-corrected chi connectivity index (χ0v) is 16.0. The first kappa shape index (κ1) is 16.5. The normalized spacial score (nSPS) is 15.2. The van der Waals surface area contributed by atoms with Crippen molar-refractivity contribution in [3.05, 3.63) is 98.3 Å². The summed E-state index contributed by atoms with van der Waals surface area (Å²) < 4.78 is 0. The number of allylic oxidation sites excluding steroid dienone is 2. The Morgan fingerprint density at radius 1 is 0.931 bits per heavy atom. The van der Waals surface area contributed by atoms with Crippen molar-refractivity contribution < 1.29 is 0 Å². The molecule has 0 saturated heterocycles. The van der Waals surface area contributed by atoms with E-state index in [2.05, 4.69) is 52.5 Å². The fourth-order valence-corrected chi connectivity index (χ4v) is 4.91. The third-order valence-electron chi connectivity index (χ3n) is 6.26. The number of hydrogen-bond donors (Lipinski definition) is 1. The Morgan fingerprint density at radius 3 is 2.79 bits per heavy atom. The van der Waals surface area contributed by atoms with E-state index >= 15 is 0 Å². The quantitative estimate of drug-likeness (QED) is 0.553. The lowest BCUT2D eigenvalue weighted by Crippen LogP contribution is -2.24. The molecule has 29 heavy (non-hydrogen) atoms. The summed E-state index contributed by atoms with van der Waals surface area (Å²) in [7, 11) is 0. The van der Waals surface area contributed by atoms with Gasteiger partial charge in [0, 0.05) is 18.0 Å². The second-order valence-electron chi connectivity index (χ2n) is 7.91. The second-order valence-corrected chi connectivity index (χ2v) is 7.91. The number of aromatic amines is 1. The molecule has 140 valence electrons. The second kappa shape index (κ2) is 6.28. The third kappa shape index (κ3) is 2.51. The van der Waals surface area contributed by atoms with E-state index in [1.54, 1.807) is 12.3 Å². The standard InChI is InChI=1S/C26H20N2O/c29-24-15-23(28-26-22(24)9-4-14-27-26)21-8-3-6-17-11-12-19-18-7-2-1-5-16(18)10-13-20(19)25(17)21/h1-2,4,7,9-15H,3,5-6,8H2,(H,27,28,29). The number of pyridine rings is 2. The Balaban J connectivity index is 1.76. The lowest BCUT2D eigenvalue weighted by Gasteiger charge is -2.19. The van der Waals surface area contributed by atoms with Gasteiger partial charge in [0.1, 0.15) is 5.65 Å². The van der Waals surface area contributed by atoms with Crippen molar-refractivity contribution in [1.29, 1.82) is 0 Å². The molecule has 2 aliphatic rings. The molecule has 3 heteroatoms. The average Bonchev–Trinajstić information content (AvgIpc) is 2.78. The SMILES string of the molecule is O=c1cc(C2=c3c(ccc4c5c(ccc34)CC=CC=5)CCC2)[nH]c2ncccc12. The van der Waals surface area contributed by atoms with E-state index in [1.165, 1.54) is 37.9 Å². The molecule has 2 heterocycles. The molecule has 6 rings (SSSR count). The molecule has 4 aromatic rings. The van der Waals surface area contributed by atoms with Crippen LogP contribution >= 0.6 is 0 Å². The summed E-state index contributed by atoms with van der Waals surface area (Å²) in [5, 5.41) is 5.84. The zero-order valence-electron chi connectivity index (χ0n) is 16.0. The summed E-state index contributed by atoms with van der Waals surface area (Å²) in [6.07, 6.45) is 12.4. The van der Waals surface area contributed by atoms with Crippen LogP contribution in [-0.2, 0) is 12.8 Å². The highest BCUT2D eigenvalue weighted by molar-refractivity contribution is 5.90. The number of fused-ring (bicyclic) bond motifs is 6. The van der Waals surface area contributed by atoms with Gasteiger partial charge >= 0.3 is 0 Å². The molecule has 0 unspecified atom stereocenters. The fourth-order valence-electron chi connectivity index (χ4n) is 4.91. The van der Waals surface area contributed by atoms with E-state index in [0.29, 0.717) is 11.0 Å². The number of H-pyrrole nitrogens is 1. The van der Waals surface area contributed by atoms with Crippen molar-refractivity contribution in [2.75, 3.05) is 0 Å². The van der Waals surface area contributed by atoms with Gasteiger partial charge in [-0.2, -0.15) is 0 Å². The predicted octanol–water partition coefficient (Wildman–Crippen LogP) is 3.50. The summed E-state index contributed by atoms with van der Waals surface area (Å²) >= 11 is 0. The van der Waals surface area contributed by atoms with Crippen LogP contribution < -0.4 is 15.9 Å². The van der Waals surface area contributed by atoms with Crippen LogP contribution in [0.1, 0.15) is 29.7 Å². The largest absolute Gasteiger partial charge is 0.339 e. The van der Waals surface area contributed by atoms with E-state index in [-0.39, 0.29) is 5.43 Å². The Bertz CT molecular complexity index is 1520. The minimum absolute atomic E-state index is 0.0255. The number of hydrogen-bond acceptors (Lipinski definition) is 2. The molecule has 2 aromatic heterocycles. The molecule has 1 N–H and O–H groups in total. The summed E-state index contributed by atoms with van der Waals surface area (Å²) in [5.41, 5.74) is 5.56. The number of nitrogens with zero attached hydrogens (tertiary/aromatic N) is 1. The van der Waals surface area contributed by atoms with Gasteiger partial charge in [-0.15, -0.1) is 0 Å². The Labute approximate surface area is 167 Å². The molecule has 0 aliphatic heterocycles. The zero-order chi connectivity index (χ0) is 19.4. The van der Waals surface area contributed by atoms with Gasteiger partial charge < -0.3 is 4.98 Å². The molecule has 2 aromatic carbocycles. The maximum Gasteiger partial charge on any atom is 0.191 e. The molecule has 0 saturated carbocycles. The Hall–Kier alpha value is -3.46. The van der Waals surface area contributed by atoms with Crippen molar-refractivity contribution in [3.8, 4) is 0 Å². The van der Waals surface area contributed by atoms with Gasteiger partial charge in [0.15, 0.2) is 5.43 Å². The van der Waals surface area contributed by atoms with Gasteiger partial charge in [-0.3, -0.25) is 4.79 Å². The van der Waals surface area contributed by atoms with Crippen LogP contribution in [0.3, 0.4) is 0 Å². The first-order valence-electron chi connectivity index (χ1n) is 10.2. The van der Waals surface area contributed by atoms with E-state index in [4.69, 9.17) is 0 Å². The molecule has 2 aliphatic carbocycles. The van der Waals surface area contributed by atoms with Gasteiger partial charge in [-0.05, 0) is 75.7 Å². The Kier molecular flexibility index (Phi) is 3.57. The number of rotatable bonds is 1. The molecular weight excluding hydrogens is 356 g/mol. The van der Waals surface area contributed by atoms with Crippen LogP contribution in [0, 0.1) is 0 Å². The van der Waals surface area contributed by atoms with Crippen LogP contribution in [0.15, 0.2) is 65.6 Å². The lowest BCUT2D eigenvalue weighted by atomic mass is 9.86. The summed E-state index contributed by atoms with van der Waals surface area (Å²) in [6, 6.07) is 14.5. The highest BCUT2D eigenvalue weighted by Gasteiger charge is 2.17. The maximum absolute atomic E-state index is 12.7. The predicted molar refractivity (Wildman–Crippen MR) is 118 cm³/mol. The smallest absolute Gasteiger partial charge is 0.191 e. The molecule has 0 atom stereocenters. The molecule has 3 nitrogen and oxygen atoms in total.